The van der Waals surface area contributed by atoms with Crippen LogP contribution in [0.4, 0.5) is 4.39 Å². The number of hydrogen-bond acceptors (Lipinski definition) is 6. The van der Waals surface area contributed by atoms with Crippen molar-refractivity contribution >= 4 is 17.7 Å². The lowest BCUT2D eigenvalue weighted by Gasteiger charge is -2.70. The lowest BCUT2D eigenvalue weighted by molar-refractivity contribution is -0.180. The number of hydrogen-bond donors (Lipinski definition) is 4. The molecule has 7 aliphatic heterocycles. The number of alkyl halides is 1. The second kappa shape index (κ2) is 22.6. The van der Waals surface area contributed by atoms with E-state index in [9.17, 15) is 4.79 Å². The summed E-state index contributed by atoms with van der Waals surface area (Å²) < 4.78 is 16.4. The zero-order valence-corrected chi connectivity index (χ0v) is 54.4. The van der Waals surface area contributed by atoms with Gasteiger partial charge in [0.25, 0.3) is 0 Å². The molecular formula is C78H109FN6O3. The maximum absolute atomic E-state index is 16.4. The maximum atomic E-state index is 16.4. The molecule has 6 unspecified atom stereocenters. The predicted molar refractivity (Wildman–Crippen MR) is 350 cm³/mol. The first-order valence-electron chi connectivity index (χ1n) is 36.4. The minimum atomic E-state index is -0.657. The van der Waals surface area contributed by atoms with Crippen molar-refractivity contribution in [3.05, 3.63) is 107 Å². The first-order valence-corrected chi connectivity index (χ1v) is 36.4. The topological polar surface area (TPSA) is 106 Å². The fraction of sp³-hybridized carbons (Fsp3) is 0.731. The highest BCUT2D eigenvalue weighted by Gasteiger charge is 2.72. The van der Waals surface area contributed by atoms with Crippen molar-refractivity contribution in [2.75, 3.05) is 59.0 Å². The fourth-order valence-corrected chi connectivity index (χ4v) is 26.0. The van der Waals surface area contributed by atoms with Crippen LogP contribution in [0.2, 0.25) is 0 Å². The van der Waals surface area contributed by atoms with Gasteiger partial charge in [0, 0.05) is 43.1 Å². The van der Waals surface area contributed by atoms with E-state index in [4.69, 9.17) is 6.58 Å². The first-order chi connectivity index (χ1) is 42.5. The van der Waals surface area contributed by atoms with Crippen LogP contribution in [0.25, 0.3) is 0 Å². The van der Waals surface area contributed by atoms with E-state index < -0.39 is 22.9 Å². The van der Waals surface area contributed by atoms with Crippen molar-refractivity contribution in [2.24, 2.45) is 61.6 Å². The third-order valence-electron chi connectivity index (χ3n) is 28.7. The number of fused-ring (bicyclic) bond motifs is 8. The molecule has 17 fully saturated rings. The highest BCUT2D eigenvalue weighted by atomic mass is 19.1. The number of halogens is 1. The van der Waals surface area contributed by atoms with Gasteiger partial charge < -0.3 is 31.1 Å². The number of carbonyl (C=O) groups excluding carboxylic acids is 3. The Morgan fingerprint density at radius 2 is 1.27 bits per heavy atom. The Balaban J connectivity index is 0.731. The number of amides is 3. The van der Waals surface area contributed by atoms with Crippen molar-refractivity contribution in [1.29, 1.82) is 0 Å². The van der Waals surface area contributed by atoms with Crippen molar-refractivity contribution < 1.29 is 18.8 Å². The Kier molecular flexibility index (Phi) is 15.4. The Bertz CT molecular complexity index is 3050. The van der Waals surface area contributed by atoms with Gasteiger partial charge in [0.2, 0.25) is 17.7 Å². The smallest absolute Gasteiger partial charge is 0.226 e. The van der Waals surface area contributed by atoms with Gasteiger partial charge in [-0.3, -0.25) is 18.8 Å². The van der Waals surface area contributed by atoms with E-state index in [1.807, 2.05) is 0 Å². The summed E-state index contributed by atoms with van der Waals surface area (Å²) in [5.74, 6) is 3.25. The molecule has 2 aromatic carbocycles. The summed E-state index contributed by atoms with van der Waals surface area (Å²) >= 11 is 0. The molecule has 2 aromatic rings. The third-order valence-corrected chi connectivity index (χ3v) is 28.7. The zero-order valence-electron chi connectivity index (χ0n) is 54.4. The van der Waals surface area contributed by atoms with Crippen LogP contribution in [0.1, 0.15) is 223 Å². The number of nitrogens with one attached hydrogen (secondary N) is 4. The molecule has 7 heterocycles. The Labute approximate surface area is 528 Å². The molecule has 17 aliphatic rings. The molecule has 19 rings (SSSR count). The van der Waals surface area contributed by atoms with Crippen LogP contribution in [0.5, 0.6) is 0 Å². The summed E-state index contributed by atoms with van der Waals surface area (Å²) in [7, 11) is 0. The quantitative estimate of drug-likeness (QED) is 0.104. The molecule has 88 heavy (non-hydrogen) atoms. The number of carbonyl (C=O) groups is 3. The number of nitrogens with zero attached hydrogens (tertiary/aromatic N) is 2. The molecular weight excluding hydrogens is 1090 g/mol. The second-order valence-electron chi connectivity index (χ2n) is 34.0. The predicted octanol–water partition coefficient (Wildman–Crippen LogP) is 14.1. The van der Waals surface area contributed by atoms with Crippen LogP contribution in [0.15, 0.2) is 90.6 Å². The van der Waals surface area contributed by atoms with Gasteiger partial charge in [-0.25, -0.2) is 0 Å². The van der Waals surface area contributed by atoms with E-state index in [0.717, 1.165) is 136 Å². The summed E-state index contributed by atoms with van der Waals surface area (Å²) in [5.41, 5.74) is 4.53. The van der Waals surface area contributed by atoms with Crippen LogP contribution in [0, 0.1) is 61.6 Å². The standard InChI is InChI=1S/C78H109FN6O3/c1-5-28-73-47-74(54(4)14-18-60(6-2)76-44-71(53-79)45-77(50-76,61-12-9-8-10-13-61)52-78(46-71,51-76)69(88)81-63-22-31-80-32-23-63)39-59(40-75(48-73,49-74)68(87)83-65-42-85-35-26-57(65)27-36-85)67(73)58-16-19-62(20-17-58)72-30-11-29-70(7-3,43-72)37-55(38-72)15-21-66(86)82-64-41-84-33-24-56(64)25-34-84/h6,8-10,12-14,16-20,55-57,59,63-65,67,80H,4-5,7,11,15,21-53H2,1-3H3,(H,81,88)(H,82,86)(H,83,87)/b18-14-,60-6+/t55?,59?,64-,65-,67?,70+,71-,72+,73+,74+,75?,76?,77-,78?/m0/s1. The first kappa shape index (κ1) is 60.1. The van der Waals surface area contributed by atoms with Crippen LogP contribution in [0.3, 0.4) is 0 Å². The van der Waals surface area contributed by atoms with E-state index >= 15 is 14.0 Å². The fourth-order valence-electron chi connectivity index (χ4n) is 26.0. The summed E-state index contributed by atoms with van der Waals surface area (Å²) in [4.78, 5) is 49.9. The minimum absolute atomic E-state index is 0.0581. The number of piperidine rings is 7. The van der Waals surface area contributed by atoms with Gasteiger partial charge >= 0.3 is 0 Å². The highest BCUT2D eigenvalue weighted by Crippen LogP contribution is 2.78. The zero-order chi connectivity index (χ0) is 60.4. The van der Waals surface area contributed by atoms with E-state index in [1.165, 1.54) is 112 Å². The van der Waals surface area contributed by atoms with Gasteiger partial charge in [-0.15, -0.1) is 0 Å². The van der Waals surface area contributed by atoms with Crippen molar-refractivity contribution in [3.8, 4) is 0 Å². The molecule has 0 aromatic heterocycles. The Morgan fingerprint density at radius 1 is 0.636 bits per heavy atom. The van der Waals surface area contributed by atoms with Gasteiger partial charge in [0.05, 0.1) is 17.5 Å². The van der Waals surface area contributed by atoms with E-state index in [1.54, 1.807) is 0 Å². The SMILES string of the molecule is C=C(/C=C\C(=C/C)C12CC3(C(=O)NC4CCNCC4)C[C@](CF)(C1)C[C@@](c1ccccc1)(C3)C2)[C@@]12CC3CC(C(=O)N[C@H]4CN5CCC4CC5)(C1)C[C@@](CCC)(C2)C3c1ccc([C@]23CCC[C@](CC)(CC(CCC(=O)N[C@H]4CN5CCC4CC5)C2)C3)cc1. The normalized spacial score (nSPS) is 44.5. The number of rotatable bonds is 19. The van der Waals surface area contributed by atoms with Crippen molar-refractivity contribution in [3.63, 3.8) is 0 Å². The van der Waals surface area contributed by atoms with E-state index in [0.29, 0.717) is 59.8 Å². The highest BCUT2D eigenvalue weighted by molar-refractivity contribution is 5.85. The van der Waals surface area contributed by atoms with Crippen LogP contribution in [-0.4, -0.2) is 105 Å². The summed E-state index contributed by atoms with van der Waals surface area (Å²) in [6, 6.07) is 22.0. The molecule has 10 saturated carbocycles. The summed E-state index contributed by atoms with van der Waals surface area (Å²) in [5, 5.41) is 14.5. The van der Waals surface area contributed by atoms with Gasteiger partial charge in [-0.05, 0) is 290 Å². The van der Waals surface area contributed by atoms with Crippen LogP contribution < -0.4 is 21.3 Å². The lowest BCUT2D eigenvalue weighted by Crippen LogP contribution is -2.67. The van der Waals surface area contributed by atoms with E-state index in [2.05, 4.69) is 125 Å². The molecule has 10 aliphatic carbocycles. The number of allylic oxidation sites excluding steroid dienone is 5. The largest absolute Gasteiger partial charge is 0.353 e. The average molecular weight is 1200 g/mol. The molecule has 10 heteroatoms. The van der Waals surface area contributed by atoms with E-state index in [-0.39, 0.29) is 51.0 Å². The van der Waals surface area contributed by atoms with Crippen LogP contribution in [-0.2, 0) is 25.2 Å². The molecule has 0 spiro atoms. The lowest BCUT2D eigenvalue weighted by atomic mass is 9.33. The molecule has 7 saturated heterocycles. The van der Waals surface area contributed by atoms with Crippen molar-refractivity contribution in [1.82, 2.24) is 31.1 Å². The third kappa shape index (κ3) is 10.1. The second-order valence-corrected chi connectivity index (χ2v) is 34.0. The molecule has 3 amide bonds. The summed E-state index contributed by atoms with van der Waals surface area (Å²) in [6.07, 6.45) is 35.9. The van der Waals surface area contributed by atoms with Crippen molar-refractivity contribution in [2.45, 2.75) is 235 Å². The van der Waals surface area contributed by atoms with Crippen LogP contribution >= 0.6 is 0 Å². The molecule has 9 nitrogen and oxygen atoms in total. The maximum Gasteiger partial charge on any atom is 0.226 e. The molecule has 4 N–H and O–H groups in total. The van der Waals surface area contributed by atoms with Gasteiger partial charge in [-0.1, -0.05) is 113 Å². The number of benzene rings is 2. The molecule has 14 bridgehead atoms. The molecule has 14 atom stereocenters. The van der Waals surface area contributed by atoms with Gasteiger partial charge in [-0.2, -0.15) is 0 Å². The monoisotopic (exact) mass is 1200 g/mol. The molecule has 476 valence electrons. The minimum Gasteiger partial charge on any atom is -0.353 e. The van der Waals surface area contributed by atoms with Gasteiger partial charge in [0.15, 0.2) is 0 Å². The Morgan fingerprint density at radius 3 is 1.94 bits per heavy atom. The summed E-state index contributed by atoms with van der Waals surface area (Å²) in [6.45, 7) is 20.3. The average Bonchev–Trinajstić information content (AvgIpc) is 0.685. The Hall–Kier alpha value is -4.12. The molecule has 0 radical (unpaired) electrons. The van der Waals surface area contributed by atoms with Gasteiger partial charge in [0.1, 0.15) is 0 Å².